The Morgan fingerprint density at radius 1 is 1.06 bits per heavy atom. The zero-order chi connectivity index (χ0) is 22.8. The molecule has 0 saturated heterocycles. The minimum absolute atomic E-state index is 0.0458. The van der Waals surface area contributed by atoms with E-state index in [2.05, 4.69) is 25.6 Å². The lowest BCUT2D eigenvalue weighted by atomic mass is 9.86. The van der Waals surface area contributed by atoms with Crippen LogP contribution in [0.3, 0.4) is 0 Å². The average molecular weight is 443 g/mol. The molecule has 0 N–H and O–H groups in total. The molecule has 1 saturated carbocycles. The molecule has 1 aromatic carbocycles. The molecule has 0 aliphatic heterocycles. The minimum atomic E-state index is -4.90. The van der Waals surface area contributed by atoms with Crippen molar-refractivity contribution in [3.8, 4) is 29.2 Å². The Hall–Kier alpha value is -3.51. The van der Waals surface area contributed by atoms with Gasteiger partial charge in [-0.3, -0.25) is 4.98 Å². The smallest absolute Gasteiger partial charge is 0.406 e. The van der Waals surface area contributed by atoms with Crippen molar-refractivity contribution in [3.63, 3.8) is 0 Å². The first-order valence-corrected chi connectivity index (χ1v) is 9.68. The van der Waals surface area contributed by atoms with E-state index >= 15 is 0 Å². The van der Waals surface area contributed by atoms with Gasteiger partial charge >= 0.3 is 6.36 Å². The van der Waals surface area contributed by atoms with E-state index in [-0.39, 0.29) is 18.1 Å². The van der Waals surface area contributed by atoms with Crippen molar-refractivity contribution in [2.45, 2.75) is 24.8 Å². The number of aromatic nitrogens is 3. The quantitative estimate of drug-likeness (QED) is 0.385. The number of halogens is 4. The number of ether oxygens (including phenoxy) is 2. The van der Waals surface area contributed by atoms with Gasteiger partial charge in [0.15, 0.2) is 0 Å². The number of hydrogen-bond donors (Lipinski definition) is 0. The van der Waals surface area contributed by atoms with Gasteiger partial charge in [-0.05, 0) is 37.0 Å². The van der Waals surface area contributed by atoms with Gasteiger partial charge in [-0.1, -0.05) is 12.0 Å². The highest BCUT2D eigenvalue weighted by Crippen LogP contribution is 2.51. The van der Waals surface area contributed by atoms with Gasteiger partial charge in [-0.15, -0.1) is 19.6 Å². The van der Waals surface area contributed by atoms with Crippen molar-refractivity contribution in [1.82, 2.24) is 15.0 Å². The molecule has 1 aliphatic rings. The molecule has 1 fully saturated rings. The van der Waals surface area contributed by atoms with Crippen LogP contribution < -0.4 is 4.74 Å². The number of rotatable bonds is 7. The summed E-state index contributed by atoms with van der Waals surface area (Å²) in [6.45, 7) is 0.0458. The Morgan fingerprint density at radius 2 is 1.81 bits per heavy atom. The molecule has 164 valence electrons. The zero-order valence-corrected chi connectivity index (χ0v) is 16.6. The van der Waals surface area contributed by atoms with Crippen LogP contribution in [0.15, 0.2) is 55.2 Å². The first kappa shape index (κ1) is 21.7. The van der Waals surface area contributed by atoms with Crippen LogP contribution in [0.2, 0.25) is 0 Å². The number of terminal acetylenes is 1. The summed E-state index contributed by atoms with van der Waals surface area (Å²) in [5.41, 5.74) is 0.790. The average Bonchev–Trinajstić information content (AvgIpc) is 3.60. The second kappa shape index (κ2) is 8.55. The molecule has 2 heterocycles. The molecule has 0 bridgehead atoms. The van der Waals surface area contributed by atoms with E-state index in [1.165, 1.54) is 18.6 Å². The Balaban J connectivity index is 1.69. The molecule has 2 aromatic heterocycles. The molecule has 5 nitrogen and oxygen atoms in total. The minimum Gasteiger partial charge on any atom is -0.406 e. The topological polar surface area (TPSA) is 57.1 Å². The van der Waals surface area contributed by atoms with Gasteiger partial charge in [0.2, 0.25) is 0 Å². The van der Waals surface area contributed by atoms with Crippen molar-refractivity contribution < 1.29 is 27.0 Å². The van der Waals surface area contributed by atoms with E-state index in [9.17, 15) is 17.6 Å². The molecule has 1 aliphatic carbocycles. The molecule has 1 unspecified atom stereocenters. The van der Waals surface area contributed by atoms with Crippen LogP contribution in [0, 0.1) is 24.1 Å². The highest BCUT2D eigenvalue weighted by atomic mass is 19.4. The summed E-state index contributed by atoms with van der Waals surface area (Å²) in [7, 11) is 0. The molecular formula is C23H17F4N3O2. The van der Waals surface area contributed by atoms with Crippen molar-refractivity contribution >= 4 is 0 Å². The molecule has 0 spiro atoms. The third kappa shape index (κ3) is 4.41. The van der Waals surface area contributed by atoms with E-state index < -0.39 is 23.5 Å². The fraction of sp³-hybridized carbons (Fsp3) is 0.261. The van der Waals surface area contributed by atoms with E-state index in [1.807, 2.05) is 0 Å². The summed E-state index contributed by atoms with van der Waals surface area (Å²) in [4.78, 5) is 12.7. The van der Waals surface area contributed by atoms with Crippen LogP contribution in [0.1, 0.15) is 24.1 Å². The maximum absolute atomic E-state index is 14.5. The standard InChI is InChI=1S/C23H17F4N3O2/c1-2-9-31-22(16-4-5-16,17-12-28-14-29-13-17)21-8-3-15(11-30-21)19-7-6-18(10-20(19)24)32-23(25,26)27/h1,3,6-8,10-14,16H,4-5,9H2. The van der Waals surface area contributed by atoms with Crippen LogP contribution in [-0.4, -0.2) is 27.9 Å². The van der Waals surface area contributed by atoms with E-state index in [1.54, 1.807) is 24.5 Å². The number of benzene rings is 1. The first-order chi connectivity index (χ1) is 15.3. The molecular weight excluding hydrogens is 426 g/mol. The highest BCUT2D eigenvalue weighted by molar-refractivity contribution is 5.64. The predicted octanol–water partition coefficient (Wildman–Crippen LogP) is 4.88. The van der Waals surface area contributed by atoms with E-state index in [4.69, 9.17) is 11.2 Å². The van der Waals surface area contributed by atoms with Crippen molar-refractivity contribution in [2.75, 3.05) is 6.61 Å². The van der Waals surface area contributed by atoms with E-state index in [0.717, 1.165) is 18.9 Å². The Labute approximate surface area is 181 Å². The molecule has 1 atom stereocenters. The molecule has 3 aromatic rings. The Morgan fingerprint density at radius 3 is 2.38 bits per heavy atom. The summed E-state index contributed by atoms with van der Waals surface area (Å²) in [6.07, 6.45) is 8.48. The normalized spacial score (nSPS) is 15.6. The van der Waals surface area contributed by atoms with Gasteiger partial charge in [0.05, 0.1) is 5.69 Å². The summed E-state index contributed by atoms with van der Waals surface area (Å²) >= 11 is 0. The van der Waals surface area contributed by atoms with Crippen LogP contribution in [0.4, 0.5) is 17.6 Å². The van der Waals surface area contributed by atoms with E-state index in [0.29, 0.717) is 22.9 Å². The maximum Gasteiger partial charge on any atom is 0.573 e. The number of nitrogens with zero attached hydrogens (tertiary/aromatic N) is 3. The number of hydrogen-bond acceptors (Lipinski definition) is 5. The highest BCUT2D eigenvalue weighted by Gasteiger charge is 2.50. The van der Waals surface area contributed by atoms with Gasteiger partial charge in [0.25, 0.3) is 0 Å². The SMILES string of the molecule is C#CCOC(c1cncnc1)(c1ccc(-c2ccc(OC(F)(F)F)cc2F)cn1)C1CC1. The third-order valence-corrected chi connectivity index (χ3v) is 5.15. The first-order valence-electron chi connectivity index (χ1n) is 9.68. The fourth-order valence-corrected chi connectivity index (χ4v) is 3.70. The van der Waals surface area contributed by atoms with Gasteiger partial charge in [-0.25, -0.2) is 14.4 Å². The molecule has 9 heteroatoms. The monoisotopic (exact) mass is 443 g/mol. The van der Waals surface area contributed by atoms with Crippen LogP contribution in [0.25, 0.3) is 11.1 Å². The van der Waals surface area contributed by atoms with Crippen molar-refractivity contribution in [3.05, 3.63) is 72.3 Å². The van der Waals surface area contributed by atoms with Crippen LogP contribution in [0.5, 0.6) is 5.75 Å². The fourth-order valence-electron chi connectivity index (χ4n) is 3.70. The summed E-state index contributed by atoms with van der Waals surface area (Å²) in [5, 5.41) is 0. The molecule has 0 amide bonds. The van der Waals surface area contributed by atoms with Gasteiger partial charge in [0, 0.05) is 41.3 Å². The second-order valence-corrected chi connectivity index (χ2v) is 7.25. The Bertz CT molecular complexity index is 1130. The predicted molar refractivity (Wildman–Crippen MR) is 107 cm³/mol. The molecule has 4 rings (SSSR count). The van der Waals surface area contributed by atoms with Crippen LogP contribution >= 0.6 is 0 Å². The lowest BCUT2D eigenvalue weighted by molar-refractivity contribution is -0.274. The second-order valence-electron chi connectivity index (χ2n) is 7.25. The van der Waals surface area contributed by atoms with Gasteiger partial charge in [0.1, 0.15) is 30.1 Å². The summed E-state index contributed by atoms with van der Waals surface area (Å²) < 4.78 is 61.5. The van der Waals surface area contributed by atoms with Crippen molar-refractivity contribution in [1.29, 1.82) is 0 Å². The largest absolute Gasteiger partial charge is 0.573 e. The molecule has 0 radical (unpaired) electrons. The lowest BCUT2D eigenvalue weighted by Crippen LogP contribution is -2.35. The Kier molecular flexibility index (Phi) is 5.80. The molecule has 32 heavy (non-hydrogen) atoms. The summed E-state index contributed by atoms with van der Waals surface area (Å²) in [6, 6.07) is 6.26. The van der Waals surface area contributed by atoms with Gasteiger partial charge < -0.3 is 9.47 Å². The third-order valence-electron chi connectivity index (χ3n) is 5.15. The van der Waals surface area contributed by atoms with Gasteiger partial charge in [-0.2, -0.15) is 0 Å². The van der Waals surface area contributed by atoms with Crippen LogP contribution in [-0.2, 0) is 10.3 Å². The lowest BCUT2D eigenvalue weighted by Gasteiger charge is -2.33. The number of pyridine rings is 1. The maximum atomic E-state index is 14.5. The number of alkyl halides is 3. The zero-order valence-electron chi connectivity index (χ0n) is 16.6. The van der Waals surface area contributed by atoms with Crippen molar-refractivity contribution in [2.24, 2.45) is 5.92 Å². The summed E-state index contributed by atoms with van der Waals surface area (Å²) in [5.74, 6) is 1.10.